The lowest BCUT2D eigenvalue weighted by Crippen LogP contribution is -2.14. The second-order valence-corrected chi connectivity index (χ2v) is 16.8. The second-order valence-electron chi connectivity index (χ2n) is 15.7. The fraction of sp³-hybridized carbons (Fsp3) is 0.0545. The van der Waals surface area contributed by atoms with Crippen LogP contribution in [-0.2, 0) is 5.41 Å². The average Bonchev–Trinajstić information content (AvgIpc) is 3.76. The summed E-state index contributed by atoms with van der Waals surface area (Å²) in [6.07, 6.45) is 0. The first-order valence-electron chi connectivity index (χ1n) is 19.8. The first-order valence-corrected chi connectivity index (χ1v) is 20.6. The molecule has 1 heterocycles. The fourth-order valence-electron chi connectivity index (χ4n) is 9.28. The van der Waals surface area contributed by atoms with Gasteiger partial charge in [0.05, 0.1) is 5.69 Å². The van der Waals surface area contributed by atoms with Crippen molar-refractivity contribution in [3.8, 4) is 44.5 Å². The van der Waals surface area contributed by atoms with Gasteiger partial charge in [-0.2, -0.15) is 0 Å². The zero-order valence-corrected chi connectivity index (χ0v) is 32.7. The van der Waals surface area contributed by atoms with Crippen molar-refractivity contribution in [3.63, 3.8) is 0 Å². The van der Waals surface area contributed by atoms with Crippen molar-refractivity contribution in [3.05, 3.63) is 211 Å². The number of nitrogens with zero attached hydrogens (tertiary/aromatic N) is 1. The highest BCUT2D eigenvalue weighted by Crippen LogP contribution is 2.54. The van der Waals surface area contributed by atoms with Crippen LogP contribution in [0.15, 0.2) is 200 Å². The zero-order chi connectivity index (χ0) is 38.1. The highest BCUT2D eigenvalue weighted by molar-refractivity contribution is 7.25. The number of hydrogen-bond acceptors (Lipinski definition) is 2. The summed E-state index contributed by atoms with van der Waals surface area (Å²) in [7, 11) is 0. The van der Waals surface area contributed by atoms with Crippen LogP contribution in [0.1, 0.15) is 25.0 Å². The smallest absolute Gasteiger partial charge is 0.0540 e. The molecule has 0 bridgehead atoms. The van der Waals surface area contributed by atoms with E-state index >= 15 is 0 Å². The molecule has 1 aliphatic rings. The van der Waals surface area contributed by atoms with E-state index in [0.29, 0.717) is 0 Å². The van der Waals surface area contributed by atoms with Crippen molar-refractivity contribution in [1.82, 2.24) is 0 Å². The summed E-state index contributed by atoms with van der Waals surface area (Å²) in [5.74, 6) is 0. The quantitative estimate of drug-likeness (QED) is 0.164. The minimum atomic E-state index is -0.0812. The molecular formula is C55H39NS. The molecule has 0 radical (unpaired) electrons. The van der Waals surface area contributed by atoms with E-state index in [1.165, 1.54) is 86.6 Å². The third-order valence-corrected chi connectivity index (χ3v) is 13.3. The van der Waals surface area contributed by atoms with E-state index in [9.17, 15) is 0 Å². The summed E-state index contributed by atoms with van der Waals surface area (Å²) in [4.78, 5) is 2.44. The summed E-state index contributed by atoms with van der Waals surface area (Å²) >= 11 is 1.86. The first kappa shape index (κ1) is 33.6. The molecule has 11 rings (SSSR count). The number of benzene rings is 9. The van der Waals surface area contributed by atoms with Crippen LogP contribution in [-0.4, -0.2) is 0 Å². The largest absolute Gasteiger partial charge is 0.310 e. The van der Waals surface area contributed by atoms with Gasteiger partial charge in [-0.3, -0.25) is 0 Å². The summed E-state index contributed by atoms with van der Waals surface area (Å²) in [6.45, 7) is 4.72. The third kappa shape index (κ3) is 5.44. The highest BCUT2D eigenvalue weighted by Gasteiger charge is 2.37. The number of anilines is 3. The molecule has 1 aliphatic carbocycles. The van der Waals surface area contributed by atoms with Crippen LogP contribution in [0.2, 0.25) is 0 Å². The second kappa shape index (κ2) is 13.2. The maximum absolute atomic E-state index is 2.44. The summed E-state index contributed by atoms with van der Waals surface area (Å²) in [5.41, 5.74) is 16.0. The van der Waals surface area contributed by atoms with Crippen LogP contribution >= 0.6 is 11.3 Å². The van der Waals surface area contributed by atoms with Gasteiger partial charge in [0, 0.05) is 42.5 Å². The van der Waals surface area contributed by atoms with Gasteiger partial charge in [0.1, 0.15) is 0 Å². The summed E-state index contributed by atoms with van der Waals surface area (Å²) < 4.78 is 2.65. The van der Waals surface area contributed by atoms with Crippen LogP contribution in [0.25, 0.3) is 75.5 Å². The maximum Gasteiger partial charge on any atom is 0.0540 e. The van der Waals surface area contributed by atoms with Crippen molar-refractivity contribution in [2.45, 2.75) is 19.3 Å². The van der Waals surface area contributed by atoms with Crippen LogP contribution in [0.5, 0.6) is 0 Å². The molecule has 0 saturated heterocycles. The molecule has 1 nitrogen and oxygen atoms in total. The molecule has 0 saturated carbocycles. The number of hydrogen-bond donors (Lipinski definition) is 0. The molecule has 0 aliphatic heterocycles. The Labute approximate surface area is 337 Å². The van der Waals surface area contributed by atoms with Crippen LogP contribution < -0.4 is 4.90 Å². The maximum atomic E-state index is 2.44. The van der Waals surface area contributed by atoms with Gasteiger partial charge >= 0.3 is 0 Å². The Bertz CT molecular complexity index is 3140. The molecule has 0 N–H and O–H groups in total. The fourth-order valence-corrected chi connectivity index (χ4v) is 10.4. The Kier molecular flexibility index (Phi) is 7.77. The molecule has 57 heavy (non-hydrogen) atoms. The molecular weight excluding hydrogens is 707 g/mol. The predicted molar refractivity (Wildman–Crippen MR) is 245 cm³/mol. The van der Waals surface area contributed by atoms with Gasteiger partial charge in [-0.1, -0.05) is 166 Å². The third-order valence-electron chi connectivity index (χ3n) is 12.1. The minimum absolute atomic E-state index is 0.0812. The molecule has 270 valence electrons. The van der Waals surface area contributed by atoms with Crippen molar-refractivity contribution < 1.29 is 0 Å². The van der Waals surface area contributed by atoms with Gasteiger partial charge in [-0.25, -0.2) is 0 Å². The molecule has 2 heteroatoms. The van der Waals surface area contributed by atoms with Gasteiger partial charge < -0.3 is 4.90 Å². The molecule has 0 atom stereocenters. The Morgan fingerprint density at radius 1 is 0.386 bits per heavy atom. The van der Waals surface area contributed by atoms with Crippen molar-refractivity contribution in [2.75, 3.05) is 4.90 Å². The van der Waals surface area contributed by atoms with Gasteiger partial charge in [0.2, 0.25) is 0 Å². The molecule has 10 aromatic rings. The van der Waals surface area contributed by atoms with Crippen LogP contribution in [0.4, 0.5) is 17.1 Å². The van der Waals surface area contributed by atoms with E-state index < -0.39 is 0 Å². The van der Waals surface area contributed by atoms with Crippen molar-refractivity contribution in [1.29, 1.82) is 0 Å². The Hall–Kier alpha value is -6.74. The van der Waals surface area contributed by atoms with E-state index in [4.69, 9.17) is 0 Å². The topological polar surface area (TPSA) is 3.24 Å². The molecule has 0 fully saturated rings. The number of rotatable bonds is 6. The zero-order valence-electron chi connectivity index (χ0n) is 31.9. The van der Waals surface area contributed by atoms with E-state index in [0.717, 1.165) is 17.1 Å². The Morgan fingerprint density at radius 2 is 0.947 bits per heavy atom. The summed E-state index contributed by atoms with van der Waals surface area (Å²) in [5, 5.41) is 5.16. The lowest BCUT2D eigenvalue weighted by Gasteiger charge is -2.29. The lowest BCUT2D eigenvalue weighted by molar-refractivity contribution is 0.660. The van der Waals surface area contributed by atoms with E-state index in [2.05, 4.69) is 219 Å². The molecule has 1 aromatic heterocycles. The van der Waals surface area contributed by atoms with Crippen molar-refractivity contribution >= 4 is 59.3 Å². The minimum Gasteiger partial charge on any atom is -0.310 e. The lowest BCUT2D eigenvalue weighted by atomic mass is 9.82. The number of para-hydroxylation sites is 1. The van der Waals surface area contributed by atoms with Gasteiger partial charge in [0.15, 0.2) is 0 Å². The number of thiophene rings is 1. The SMILES string of the molecule is CC1(C)c2ccccc2-c2c(-c3ccccc3N(c3ccc(-c4ccc5sc6ccccc6c5c4)cc3)c3ccc(-c4cccc5ccccc45)cc3)cccc21. The average molecular weight is 746 g/mol. The van der Waals surface area contributed by atoms with E-state index in [1.54, 1.807) is 0 Å². The molecule has 9 aromatic carbocycles. The normalized spacial score (nSPS) is 12.9. The van der Waals surface area contributed by atoms with E-state index in [-0.39, 0.29) is 5.41 Å². The standard InChI is InChI=1S/C55H39NS/c1-55(2)49-21-8-5-18-47(49)54-46(20-12-22-50(54)55)44-16-6-9-23-51(44)56(41-32-27-38(28-33-41)43-19-11-14-37-13-3-4-15-42(37)43)40-30-25-36(26-31-40)39-29-34-53-48(35-39)45-17-7-10-24-52(45)57-53/h3-35H,1-2H3. The monoisotopic (exact) mass is 745 g/mol. The highest BCUT2D eigenvalue weighted by atomic mass is 32.1. The van der Waals surface area contributed by atoms with Gasteiger partial charge in [0.25, 0.3) is 0 Å². The predicted octanol–water partition coefficient (Wildman–Crippen LogP) is 16.0. The summed E-state index contributed by atoms with van der Waals surface area (Å²) in [6, 6.07) is 73.9. The first-order chi connectivity index (χ1) is 28.0. The Balaban J connectivity index is 1.07. The number of fused-ring (bicyclic) bond motifs is 7. The molecule has 0 unspecified atom stereocenters. The van der Waals surface area contributed by atoms with Crippen LogP contribution in [0, 0.1) is 0 Å². The van der Waals surface area contributed by atoms with Gasteiger partial charge in [-0.05, 0) is 109 Å². The van der Waals surface area contributed by atoms with Gasteiger partial charge in [-0.15, -0.1) is 11.3 Å². The molecule has 0 amide bonds. The van der Waals surface area contributed by atoms with Crippen molar-refractivity contribution in [2.24, 2.45) is 0 Å². The molecule has 0 spiro atoms. The Morgan fingerprint density at radius 3 is 1.77 bits per heavy atom. The van der Waals surface area contributed by atoms with E-state index in [1.807, 2.05) is 11.3 Å². The van der Waals surface area contributed by atoms with Crippen LogP contribution in [0.3, 0.4) is 0 Å².